The molecule has 0 nitrogen and oxygen atoms in total. The molecule has 38 heavy (non-hydrogen) atoms. The van der Waals surface area contributed by atoms with E-state index in [4.69, 9.17) is 0 Å². The molecule has 0 saturated heterocycles. The topological polar surface area (TPSA) is 0 Å². The predicted octanol–water partition coefficient (Wildman–Crippen LogP) is 10.8. The fourth-order valence-corrected chi connectivity index (χ4v) is 6.71. The molecular weight excluding hydrogens is 456 g/mol. The van der Waals surface area contributed by atoms with E-state index in [-0.39, 0.29) is 0 Å². The standard InChI is InChI=1S/C38H34/c1-23-18-25(3)36(26(4)19-23)34-17-11-16-33(38(34)37-27(5)20-24(2)21-28(37)6)35-22-29-12-7-8-13-30(29)31-14-9-10-15-32(31)35/h7-22H,1-6H3. The van der Waals surface area contributed by atoms with E-state index in [1.165, 1.54) is 88.3 Å². The Kier molecular flexibility index (Phi) is 5.92. The molecule has 0 N–H and O–H groups in total. The molecule has 0 aliphatic rings. The molecule has 6 aromatic rings. The van der Waals surface area contributed by atoms with Crippen LogP contribution in [0.1, 0.15) is 33.4 Å². The van der Waals surface area contributed by atoms with Gasteiger partial charge in [-0.05, 0) is 125 Å². The third kappa shape index (κ3) is 3.92. The first-order valence-electron chi connectivity index (χ1n) is 13.5. The molecule has 6 rings (SSSR count). The van der Waals surface area contributed by atoms with Crippen molar-refractivity contribution in [3.63, 3.8) is 0 Å². The van der Waals surface area contributed by atoms with Crippen LogP contribution in [0.25, 0.3) is 54.9 Å². The van der Waals surface area contributed by atoms with Crippen LogP contribution in [0.3, 0.4) is 0 Å². The Morgan fingerprint density at radius 3 is 1.47 bits per heavy atom. The summed E-state index contributed by atoms with van der Waals surface area (Å²) in [5.74, 6) is 0. The smallest absolute Gasteiger partial charge is 0.00211 e. The monoisotopic (exact) mass is 490 g/mol. The SMILES string of the molecule is Cc1cc(C)c(-c2cccc(-c3cc4ccccc4c4ccccc34)c2-c2c(C)cc(C)cc2C)c(C)c1. The van der Waals surface area contributed by atoms with Crippen LogP contribution in [-0.4, -0.2) is 0 Å². The van der Waals surface area contributed by atoms with Crippen molar-refractivity contribution < 1.29 is 0 Å². The van der Waals surface area contributed by atoms with E-state index < -0.39 is 0 Å². The minimum absolute atomic E-state index is 1.28. The van der Waals surface area contributed by atoms with E-state index in [1.54, 1.807) is 0 Å². The molecule has 0 radical (unpaired) electrons. The third-order valence-corrected chi connectivity index (χ3v) is 8.00. The van der Waals surface area contributed by atoms with Gasteiger partial charge in [0.25, 0.3) is 0 Å². The maximum absolute atomic E-state index is 2.40. The summed E-state index contributed by atoms with van der Waals surface area (Å²) in [6.45, 7) is 13.4. The second-order valence-corrected chi connectivity index (χ2v) is 11.0. The summed E-state index contributed by atoms with van der Waals surface area (Å²) in [4.78, 5) is 0. The Balaban J connectivity index is 1.80. The van der Waals surface area contributed by atoms with E-state index >= 15 is 0 Å². The molecule has 0 aliphatic carbocycles. The lowest BCUT2D eigenvalue weighted by Crippen LogP contribution is -1.99. The van der Waals surface area contributed by atoms with Gasteiger partial charge in [0.15, 0.2) is 0 Å². The molecule has 0 aliphatic heterocycles. The predicted molar refractivity (Wildman–Crippen MR) is 166 cm³/mol. The van der Waals surface area contributed by atoms with Crippen LogP contribution < -0.4 is 0 Å². The fraction of sp³-hybridized carbons (Fsp3) is 0.158. The Hall–Kier alpha value is -4.16. The number of rotatable bonds is 3. The normalized spacial score (nSPS) is 11.4. The van der Waals surface area contributed by atoms with Crippen LogP contribution >= 0.6 is 0 Å². The average Bonchev–Trinajstić information content (AvgIpc) is 2.88. The van der Waals surface area contributed by atoms with E-state index in [0.29, 0.717) is 0 Å². The number of aryl methyl sites for hydroxylation is 6. The van der Waals surface area contributed by atoms with Crippen molar-refractivity contribution in [1.82, 2.24) is 0 Å². The summed E-state index contributed by atoms with van der Waals surface area (Å²) in [5, 5.41) is 5.18. The van der Waals surface area contributed by atoms with Crippen molar-refractivity contribution in [2.45, 2.75) is 41.5 Å². The maximum atomic E-state index is 2.40. The van der Waals surface area contributed by atoms with Gasteiger partial charge in [-0.15, -0.1) is 0 Å². The van der Waals surface area contributed by atoms with Crippen molar-refractivity contribution in [3.05, 3.63) is 130 Å². The number of hydrogen-bond donors (Lipinski definition) is 0. The molecule has 0 amide bonds. The zero-order chi connectivity index (χ0) is 26.6. The van der Waals surface area contributed by atoms with Crippen LogP contribution in [0, 0.1) is 41.5 Å². The molecule has 0 atom stereocenters. The first kappa shape index (κ1) is 24.2. The van der Waals surface area contributed by atoms with Gasteiger partial charge in [-0.2, -0.15) is 0 Å². The lowest BCUT2D eigenvalue weighted by Gasteiger charge is -2.23. The molecule has 0 spiro atoms. The summed E-state index contributed by atoms with van der Waals surface area (Å²) < 4.78 is 0. The van der Waals surface area contributed by atoms with Gasteiger partial charge in [-0.3, -0.25) is 0 Å². The fourth-order valence-electron chi connectivity index (χ4n) is 6.71. The van der Waals surface area contributed by atoms with Gasteiger partial charge in [0.05, 0.1) is 0 Å². The highest BCUT2D eigenvalue weighted by atomic mass is 14.2. The van der Waals surface area contributed by atoms with Crippen molar-refractivity contribution in [1.29, 1.82) is 0 Å². The Labute approximate surface area is 226 Å². The van der Waals surface area contributed by atoms with Crippen LogP contribution in [0.2, 0.25) is 0 Å². The second kappa shape index (κ2) is 9.30. The zero-order valence-electron chi connectivity index (χ0n) is 23.2. The van der Waals surface area contributed by atoms with Gasteiger partial charge in [0.2, 0.25) is 0 Å². The van der Waals surface area contributed by atoms with E-state index in [1.807, 2.05) is 0 Å². The molecule has 6 aromatic carbocycles. The molecule has 186 valence electrons. The first-order chi connectivity index (χ1) is 18.3. The Bertz CT molecular complexity index is 1820. The van der Waals surface area contributed by atoms with Crippen LogP contribution in [0.5, 0.6) is 0 Å². The molecule has 0 heteroatoms. The van der Waals surface area contributed by atoms with Crippen LogP contribution in [-0.2, 0) is 0 Å². The lowest BCUT2D eigenvalue weighted by atomic mass is 9.80. The van der Waals surface area contributed by atoms with Crippen LogP contribution in [0.4, 0.5) is 0 Å². The van der Waals surface area contributed by atoms with Gasteiger partial charge in [0.1, 0.15) is 0 Å². The van der Waals surface area contributed by atoms with Crippen molar-refractivity contribution in [2.24, 2.45) is 0 Å². The summed E-state index contributed by atoms with van der Waals surface area (Å²) in [6, 6.07) is 36.2. The van der Waals surface area contributed by atoms with Gasteiger partial charge < -0.3 is 0 Å². The van der Waals surface area contributed by atoms with Crippen molar-refractivity contribution in [2.75, 3.05) is 0 Å². The van der Waals surface area contributed by atoms with E-state index in [0.717, 1.165) is 0 Å². The third-order valence-electron chi connectivity index (χ3n) is 8.00. The summed E-state index contributed by atoms with van der Waals surface area (Å²) >= 11 is 0. The largest absolute Gasteiger partial charge is 0.0616 e. The number of benzene rings is 6. The average molecular weight is 491 g/mol. The van der Waals surface area contributed by atoms with E-state index in [9.17, 15) is 0 Å². The molecular formula is C38H34. The minimum atomic E-state index is 1.28. The number of fused-ring (bicyclic) bond motifs is 3. The molecule has 0 unspecified atom stereocenters. The Morgan fingerprint density at radius 1 is 0.342 bits per heavy atom. The van der Waals surface area contributed by atoms with Gasteiger partial charge >= 0.3 is 0 Å². The van der Waals surface area contributed by atoms with Crippen LogP contribution in [0.15, 0.2) is 97.1 Å². The zero-order valence-corrected chi connectivity index (χ0v) is 23.2. The Morgan fingerprint density at radius 2 is 0.842 bits per heavy atom. The molecule has 0 aromatic heterocycles. The van der Waals surface area contributed by atoms with Gasteiger partial charge in [0, 0.05) is 0 Å². The number of hydrogen-bond acceptors (Lipinski definition) is 0. The van der Waals surface area contributed by atoms with Crippen molar-refractivity contribution in [3.8, 4) is 33.4 Å². The quantitative estimate of drug-likeness (QED) is 0.216. The highest BCUT2D eigenvalue weighted by Gasteiger charge is 2.21. The molecule has 0 saturated carbocycles. The summed E-state index contributed by atoms with van der Waals surface area (Å²) in [6.07, 6.45) is 0. The maximum Gasteiger partial charge on any atom is -0.00211 e. The van der Waals surface area contributed by atoms with Crippen molar-refractivity contribution >= 4 is 21.5 Å². The second-order valence-electron chi connectivity index (χ2n) is 11.0. The minimum Gasteiger partial charge on any atom is -0.0616 e. The van der Waals surface area contributed by atoms with Gasteiger partial charge in [-0.1, -0.05) is 102 Å². The molecule has 0 heterocycles. The van der Waals surface area contributed by atoms with Gasteiger partial charge in [-0.25, -0.2) is 0 Å². The lowest BCUT2D eigenvalue weighted by molar-refractivity contribution is 1.30. The molecule has 0 bridgehead atoms. The first-order valence-corrected chi connectivity index (χ1v) is 13.5. The summed E-state index contributed by atoms with van der Waals surface area (Å²) in [5.41, 5.74) is 15.8. The van der Waals surface area contributed by atoms with E-state index in [2.05, 4.69) is 139 Å². The summed E-state index contributed by atoms with van der Waals surface area (Å²) in [7, 11) is 0. The molecule has 0 fully saturated rings. The highest BCUT2D eigenvalue weighted by Crippen LogP contribution is 2.47. The highest BCUT2D eigenvalue weighted by molar-refractivity contribution is 6.15.